The van der Waals surface area contributed by atoms with Gasteiger partial charge in [-0.15, -0.1) is 0 Å². The summed E-state index contributed by atoms with van der Waals surface area (Å²) in [7, 11) is 0. The van der Waals surface area contributed by atoms with Gasteiger partial charge in [-0.3, -0.25) is 4.79 Å². The van der Waals surface area contributed by atoms with Crippen molar-refractivity contribution in [3.05, 3.63) is 40.6 Å². The Kier molecular flexibility index (Phi) is 8.17. The van der Waals surface area contributed by atoms with Crippen molar-refractivity contribution in [2.75, 3.05) is 13.2 Å². The SMILES string of the molecule is O=c1c(O[C@@H]2OC[C@@H](O)[C@H](O)[C@H]2O[C@@H]2O[C@H](CO)[C@H](O)[C@H](O)[C@H]2O)c(-c2ccc(O)c(O)c2)oc2cc(O)cc(O)c12. The summed E-state index contributed by atoms with van der Waals surface area (Å²) in [4.78, 5) is 13.6. The normalized spacial score (nSPS) is 31.7. The number of phenolic OH excluding ortho intramolecular Hbond substituents is 4. The van der Waals surface area contributed by atoms with Gasteiger partial charge in [-0.05, 0) is 18.2 Å². The third-order valence-corrected chi connectivity index (χ3v) is 6.96. The van der Waals surface area contributed by atoms with E-state index in [0.717, 1.165) is 24.3 Å². The summed E-state index contributed by atoms with van der Waals surface area (Å²) in [6, 6.07) is 5.26. The lowest BCUT2D eigenvalue weighted by molar-refractivity contribution is -0.348. The number of hydrogen-bond donors (Lipinski definition) is 10. The number of fused-ring (bicyclic) bond motifs is 1. The van der Waals surface area contributed by atoms with E-state index in [1.54, 1.807) is 0 Å². The molecule has 3 aromatic rings. The highest BCUT2D eigenvalue weighted by atomic mass is 16.8. The third-order valence-electron chi connectivity index (χ3n) is 6.96. The molecule has 0 aliphatic carbocycles. The van der Waals surface area contributed by atoms with Crippen LogP contribution in [0, 0.1) is 0 Å². The number of benzene rings is 2. The zero-order chi connectivity index (χ0) is 30.5. The Labute approximate surface area is 235 Å². The second kappa shape index (κ2) is 11.5. The van der Waals surface area contributed by atoms with Gasteiger partial charge in [0.25, 0.3) is 0 Å². The minimum Gasteiger partial charge on any atom is -0.508 e. The zero-order valence-corrected chi connectivity index (χ0v) is 21.4. The average Bonchev–Trinajstić information content (AvgIpc) is 2.94. The monoisotopic (exact) mass is 596 g/mol. The Hall–Kier alpha value is -3.71. The minimum atomic E-state index is -1.90. The minimum absolute atomic E-state index is 0.0232. The van der Waals surface area contributed by atoms with Crippen LogP contribution in [0.3, 0.4) is 0 Å². The summed E-state index contributed by atoms with van der Waals surface area (Å²) in [6.45, 7) is -1.31. The number of aromatic hydroxyl groups is 4. The van der Waals surface area contributed by atoms with Crippen LogP contribution in [0.15, 0.2) is 39.5 Å². The number of aliphatic hydroxyl groups is 6. The van der Waals surface area contributed by atoms with Crippen molar-refractivity contribution >= 4 is 11.0 Å². The molecule has 0 unspecified atom stereocenters. The fraction of sp³-hybridized carbons (Fsp3) is 0.423. The smallest absolute Gasteiger partial charge is 0.239 e. The van der Waals surface area contributed by atoms with Gasteiger partial charge in [0, 0.05) is 17.7 Å². The highest BCUT2D eigenvalue weighted by Crippen LogP contribution is 2.39. The van der Waals surface area contributed by atoms with E-state index in [0.29, 0.717) is 0 Å². The molecule has 2 aromatic carbocycles. The molecular weight excluding hydrogens is 568 g/mol. The maximum atomic E-state index is 13.6. The molecule has 1 aromatic heterocycles. The van der Waals surface area contributed by atoms with Gasteiger partial charge in [0.1, 0.15) is 59.1 Å². The van der Waals surface area contributed by atoms with Gasteiger partial charge < -0.3 is 74.4 Å². The molecule has 0 bridgehead atoms. The predicted octanol–water partition coefficient (Wildman–Crippen LogP) is -2.08. The molecule has 0 spiro atoms. The zero-order valence-electron chi connectivity index (χ0n) is 21.4. The van der Waals surface area contributed by atoms with Gasteiger partial charge >= 0.3 is 0 Å². The lowest BCUT2D eigenvalue weighted by Gasteiger charge is -2.44. The molecule has 0 radical (unpaired) electrons. The summed E-state index contributed by atoms with van der Waals surface area (Å²) in [5.41, 5.74) is -1.32. The van der Waals surface area contributed by atoms with Crippen molar-refractivity contribution < 1.29 is 74.4 Å². The first kappa shape index (κ1) is 29.8. The van der Waals surface area contributed by atoms with Crippen molar-refractivity contribution in [2.45, 2.75) is 55.3 Å². The van der Waals surface area contributed by atoms with Crippen molar-refractivity contribution in [1.82, 2.24) is 0 Å². The van der Waals surface area contributed by atoms with Crippen LogP contribution < -0.4 is 10.2 Å². The van der Waals surface area contributed by atoms with Gasteiger partial charge in [-0.25, -0.2) is 0 Å². The molecule has 2 aliphatic heterocycles. The Morgan fingerprint density at radius 3 is 2.26 bits per heavy atom. The van der Waals surface area contributed by atoms with E-state index in [1.165, 1.54) is 6.07 Å². The lowest BCUT2D eigenvalue weighted by Crippen LogP contribution is -2.63. The van der Waals surface area contributed by atoms with Crippen LogP contribution in [0.25, 0.3) is 22.3 Å². The van der Waals surface area contributed by atoms with Crippen molar-refractivity contribution in [2.24, 2.45) is 0 Å². The molecule has 16 nitrogen and oxygen atoms in total. The van der Waals surface area contributed by atoms with Crippen molar-refractivity contribution in [3.8, 4) is 40.1 Å². The first-order chi connectivity index (χ1) is 19.9. The van der Waals surface area contributed by atoms with Crippen LogP contribution in [0.2, 0.25) is 0 Å². The topological polar surface area (TPSA) is 269 Å². The standard InChI is InChI=1S/C26H28O16/c27-6-15-18(34)20(36)21(37)25(40-15)42-24-17(33)13(32)7-38-26(24)41-23-19(35)16-12(31)4-9(28)5-14(16)39-22(23)8-1-2-10(29)11(30)3-8/h1-5,13,15,17-18,20-21,24-34,36-37H,6-7H2/t13-,15-,17+,18+,20+,21-,24-,25+,26+/m1/s1. The number of rotatable bonds is 6. The fourth-order valence-electron chi connectivity index (χ4n) is 4.69. The maximum absolute atomic E-state index is 13.6. The highest BCUT2D eigenvalue weighted by Gasteiger charge is 2.49. The third kappa shape index (κ3) is 5.31. The first-order valence-electron chi connectivity index (χ1n) is 12.6. The Morgan fingerprint density at radius 1 is 0.833 bits per heavy atom. The first-order valence-corrected chi connectivity index (χ1v) is 12.6. The maximum Gasteiger partial charge on any atom is 0.239 e. The summed E-state index contributed by atoms with van der Waals surface area (Å²) in [5.74, 6) is -3.28. The summed E-state index contributed by atoms with van der Waals surface area (Å²) >= 11 is 0. The quantitative estimate of drug-likeness (QED) is 0.137. The van der Waals surface area contributed by atoms with Crippen LogP contribution in [-0.2, 0) is 14.2 Å². The number of phenols is 4. The Bertz CT molecular complexity index is 1500. The molecule has 42 heavy (non-hydrogen) atoms. The second-order valence-corrected chi connectivity index (χ2v) is 9.81. The number of hydrogen-bond acceptors (Lipinski definition) is 16. The Balaban J connectivity index is 1.58. The largest absolute Gasteiger partial charge is 0.508 e. The van der Waals surface area contributed by atoms with Gasteiger partial charge in [0.2, 0.25) is 17.5 Å². The summed E-state index contributed by atoms with van der Waals surface area (Å²) < 4.78 is 28.0. The van der Waals surface area contributed by atoms with E-state index >= 15 is 0 Å². The molecule has 5 rings (SSSR count). The van der Waals surface area contributed by atoms with E-state index in [1.807, 2.05) is 0 Å². The van der Waals surface area contributed by atoms with Crippen LogP contribution in [0.5, 0.6) is 28.7 Å². The molecular formula is C26H28O16. The molecule has 16 heteroatoms. The second-order valence-electron chi connectivity index (χ2n) is 9.81. The van der Waals surface area contributed by atoms with Crippen LogP contribution >= 0.6 is 0 Å². The molecule has 0 saturated carbocycles. The summed E-state index contributed by atoms with van der Waals surface area (Å²) in [6.07, 6.45) is -15.5. The number of ether oxygens (including phenoxy) is 4. The molecule has 3 heterocycles. The van der Waals surface area contributed by atoms with Crippen LogP contribution in [-0.4, -0.2) is 120 Å². The van der Waals surface area contributed by atoms with E-state index in [9.17, 15) is 55.9 Å². The van der Waals surface area contributed by atoms with E-state index in [2.05, 4.69) is 0 Å². The van der Waals surface area contributed by atoms with Gasteiger partial charge in [0.15, 0.2) is 29.7 Å². The molecule has 2 fully saturated rings. The van der Waals surface area contributed by atoms with E-state index in [-0.39, 0.29) is 16.9 Å². The van der Waals surface area contributed by atoms with Gasteiger partial charge in [-0.1, -0.05) is 0 Å². The Morgan fingerprint density at radius 2 is 1.57 bits per heavy atom. The summed E-state index contributed by atoms with van der Waals surface area (Å²) in [5, 5.41) is 101. The van der Waals surface area contributed by atoms with Crippen LogP contribution in [0.1, 0.15) is 0 Å². The van der Waals surface area contributed by atoms with E-state index in [4.69, 9.17) is 23.4 Å². The highest BCUT2D eigenvalue weighted by molar-refractivity contribution is 5.88. The number of aliphatic hydroxyl groups excluding tert-OH is 6. The molecule has 228 valence electrons. The van der Waals surface area contributed by atoms with Gasteiger partial charge in [0.05, 0.1) is 13.2 Å². The van der Waals surface area contributed by atoms with Crippen molar-refractivity contribution in [1.29, 1.82) is 0 Å². The van der Waals surface area contributed by atoms with Crippen LogP contribution in [0.4, 0.5) is 0 Å². The fourth-order valence-corrected chi connectivity index (χ4v) is 4.69. The predicted molar refractivity (Wildman–Crippen MR) is 136 cm³/mol. The molecule has 10 N–H and O–H groups in total. The van der Waals surface area contributed by atoms with Crippen molar-refractivity contribution in [3.63, 3.8) is 0 Å². The molecule has 0 amide bonds. The lowest BCUT2D eigenvalue weighted by atomic mass is 9.99. The van der Waals surface area contributed by atoms with Gasteiger partial charge in [-0.2, -0.15) is 0 Å². The molecule has 2 saturated heterocycles. The average molecular weight is 596 g/mol. The molecule has 2 aliphatic rings. The molecule has 9 atom stereocenters. The van der Waals surface area contributed by atoms with E-state index < -0.39 is 108 Å².